The van der Waals surface area contributed by atoms with E-state index >= 15 is 0 Å². The second kappa shape index (κ2) is 5.03. The third-order valence-electron chi connectivity index (χ3n) is 2.44. The molecule has 1 atom stereocenters. The molecule has 0 aromatic heterocycles. The first kappa shape index (κ1) is 11.9. The van der Waals surface area contributed by atoms with E-state index in [1.165, 1.54) is 24.3 Å². The van der Waals surface area contributed by atoms with Gasteiger partial charge in [-0.15, -0.1) is 0 Å². The van der Waals surface area contributed by atoms with E-state index in [0.717, 1.165) is 0 Å². The Labute approximate surface area is 89.3 Å². The molecule has 0 saturated carbocycles. The van der Waals surface area contributed by atoms with E-state index in [2.05, 4.69) is 0 Å². The molecule has 1 rings (SSSR count). The fraction of sp³-hybridized carbons (Fsp3) is 0.417. The number of benzene rings is 1. The highest BCUT2D eigenvalue weighted by Crippen LogP contribution is 2.10. The molecule has 3 heteroatoms. The van der Waals surface area contributed by atoms with E-state index in [4.69, 9.17) is 5.73 Å². The van der Waals surface area contributed by atoms with E-state index < -0.39 is 0 Å². The SMILES string of the molecule is CC(C)C(N)CC(=O)c1ccc(F)cc1. The van der Waals surface area contributed by atoms with E-state index in [9.17, 15) is 9.18 Å². The molecule has 1 aromatic carbocycles. The molecule has 82 valence electrons. The lowest BCUT2D eigenvalue weighted by Crippen LogP contribution is -2.29. The summed E-state index contributed by atoms with van der Waals surface area (Å²) in [5, 5.41) is 0. The van der Waals surface area contributed by atoms with Crippen LogP contribution >= 0.6 is 0 Å². The number of hydrogen-bond acceptors (Lipinski definition) is 2. The maximum absolute atomic E-state index is 12.6. The van der Waals surface area contributed by atoms with Crippen LogP contribution in [0.25, 0.3) is 0 Å². The van der Waals surface area contributed by atoms with E-state index in [1.54, 1.807) is 0 Å². The lowest BCUT2D eigenvalue weighted by Gasteiger charge is -2.14. The van der Waals surface area contributed by atoms with Gasteiger partial charge in [0.2, 0.25) is 0 Å². The van der Waals surface area contributed by atoms with Gasteiger partial charge in [-0.1, -0.05) is 13.8 Å². The van der Waals surface area contributed by atoms with Crippen LogP contribution in [0.5, 0.6) is 0 Å². The van der Waals surface area contributed by atoms with Crippen molar-refractivity contribution in [2.45, 2.75) is 26.3 Å². The number of rotatable bonds is 4. The second-order valence-corrected chi connectivity index (χ2v) is 4.04. The Morgan fingerprint density at radius 2 is 1.87 bits per heavy atom. The number of nitrogens with two attached hydrogens (primary N) is 1. The Balaban J connectivity index is 2.65. The highest BCUT2D eigenvalue weighted by atomic mass is 19.1. The molecule has 0 radical (unpaired) electrons. The zero-order valence-electron chi connectivity index (χ0n) is 9.03. The van der Waals surface area contributed by atoms with Crippen LogP contribution in [0.2, 0.25) is 0 Å². The van der Waals surface area contributed by atoms with Gasteiger partial charge in [0.1, 0.15) is 5.82 Å². The molecule has 2 N–H and O–H groups in total. The van der Waals surface area contributed by atoms with Gasteiger partial charge in [0.05, 0.1) is 0 Å². The average Bonchev–Trinajstić information content (AvgIpc) is 2.18. The van der Waals surface area contributed by atoms with Gasteiger partial charge in [-0.05, 0) is 30.2 Å². The molecule has 0 spiro atoms. The normalized spacial score (nSPS) is 12.9. The van der Waals surface area contributed by atoms with Crippen LogP contribution in [0.1, 0.15) is 30.6 Å². The average molecular weight is 209 g/mol. The number of ketones is 1. The van der Waals surface area contributed by atoms with E-state index in [-0.39, 0.29) is 23.6 Å². The maximum Gasteiger partial charge on any atom is 0.164 e. The molecule has 0 aliphatic heterocycles. The van der Waals surface area contributed by atoms with Crippen molar-refractivity contribution in [2.24, 2.45) is 11.7 Å². The highest BCUT2D eigenvalue weighted by Gasteiger charge is 2.14. The largest absolute Gasteiger partial charge is 0.327 e. The molecule has 2 nitrogen and oxygen atoms in total. The fourth-order valence-corrected chi connectivity index (χ4v) is 1.20. The molecule has 0 heterocycles. The van der Waals surface area contributed by atoms with Crippen molar-refractivity contribution in [1.82, 2.24) is 0 Å². The summed E-state index contributed by atoms with van der Waals surface area (Å²) >= 11 is 0. The number of hydrogen-bond donors (Lipinski definition) is 1. The molecular weight excluding hydrogens is 193 g/mol. The van der Waals surface area contributed by atoms with E-state index in [1.807, 2.05) is 13.8 Å². The van der Waals surface area contributed by atoms with Gasteiger partial charge >= 0.3 is 0 Å². The summed E-state index contributed by atoms with van der Waals surface area (Å²) in [6, 6.07) is 5.42. The Hall–Kier alpha value is -1.22. The molecule has 15 heavy (non-hydrogen) atoms. The van der Waals surface area contributed by atoms with Crippen LogP contribution in [0.4, 0.5) is 4.39 Å². The topological polar surface area (TPSA) is 43.1 Å². The summed E-state index contributed by atoms with van der Waals surface area (Å²) < 4.78 is 12.6. The Morgan fingerprint density at radius 3 is 2.33 bits per heavy atom. The van der Waals surface area contributed by atoms with Crippen molar-refractivity contribution < 1.29 is 9.18 Å². The smallest absolute Gasteiger partial charge is 0.164 e. The van der Waals surface area contributed by atoms with Crippen molar-refractivity contribution in [3.63, 3.8) is 0 Å². The molecular formula is C12H16FNO. The van der Waals surface area contributed by atoms with Crippen molar-refractivity contribution in [2.75, 3.05) is 0 Å². The van der Waals surface area contributed by atoms with Crippen LogP contribution in [-0.4, -0.2) is 11.8 Å². The van der Waals surface area contributed by atoms with Gasteiger partial charge in [0.25, 0.3) is 0 Å². The summed E-state index contributed by atoms with van der Waals surface area (Å²) in [7, 11) is 0. The molecule has 0 bridgehead atoms. The van der Waals surface area contributed by atoms with Crippen LogP contribution < -0.4 is 5.73 Å². The maximum atomic E-state index is 12.6. The van der Waals surface area contributed by atoms with Gasteiger partial charge in [0.15, 0.2) is 5.78 Å². The van der Waals surface area contributed by atoms with Crippen molar-refractivity contribution in [3.8, 4) is 0 Å². The predicted molar refractivity (Wildman–Crippen MR) is 58.2 cm³/mol. The van der Waals surface area contributed by atoms with E-state index in [0.29, 0.717) is 12.0 Å². The summed E-state index contributed by atoms with van der Waals surface area (Å²) in [5.74, 6) is -0.0923. The monoisotopic (exact) mass is 209 g/mol. The fourth-order valence-electron chi connectivity index (χ4n) is 1.20. The lowest BCUT2D eigenvalue weighted by atomic mass is 9.97. The number of halogens is 1. The molecule has 0 aliphatic rings. The first-order valence-electron chi connectivity index (χ1n) is 5.05. The summed E-state index contributed by atoms with van der Waals surface area (Å²) in [6.07, 6.45) is 0.309. The van der Waals surface area contributed by atoms with Gasteiger partial charge in [-0.25, -0.2) is 4.39 Å². The first-order chi connectivity index (χ1) is 7.00. The van der Waals surface area contributed by atoms with Crippen molar-refractivity contribution in [1.29, 1.82) is 0 Å². The Morgan fingerprint density at radius 1 is 1.33 bits per heavy atom. The highest BCUT2D eigenvalue weighted by molar-refractivity contribution is 5.96. The van der Waals surface area contributed by atoms with Crippen LogP contribution in [0.3, 0.4) is 0 Å². The number of Topliss-reactive ketones (excluding diaryl/α,β-unsaturated/α-hetero) is 1. The third-order valence-corrected chi connectivity index (χ3v) is 2.44. The molecule has 1 aromatic rings. The quantitative estimate of drug-likeness (QED) is 0.774. The van der Waals surface area contributed by atoms with Gasteiger partial charge < -0.3 is 5.73 Å². The number of carbonyl (C=O) groups excluding carboxylic acids is 1. The molecule has 0 amide bonds. The lowest BCUT2D eigenvalue weighted by molar-refractivity contribution is 0.0967. The summed E-state index contributed by atoms with van der Waals surface area (Å²) in [5.41, 5.74) is 6.31. The van der Waals surface area contributed by atoms with Crippen molar-refractivity contribution >= 4 is 5.78 Å². The minimum absolute atomic E-state index is 0.0313. The Bertz CT molecular complexity index is 332. The molecule has 1 unspecified atom stereocenters. The van der Waals surface area contributed by atoms with Crippen LogP contribution in [-0.2, 0) is 0 Å². The molecule has 0 aliphatic carbocycles. The van der Waals surface area contributed by atoms with Crippen LogP contribution in [0.15, 0.2) is 24.3 Å². The second-order valence-electron chi connectivity index (χ2n) is 4.04. The predicted octanol–water partition coefficient (Wildman–Crippen LogP) is 2.38. The summed E-state index contributed by atoms with van der Waals surface area (Å²) in [4.78, 5) is 11.7. The molecule has 0 saturated heterocycles. The first-order valence-corrected chi connectivity index (χ1v) is 5.05. The van der Waals surface area contributed by atoms with Gasteiger partial charge in [-0.2, -0.15) is 0 Å². The minimum atomic E-state index is -0.334. The Kier molecular flexibility index (Phi) is 3.97. The zero-order valence-corrected chi connectivity index (χ0v) is 9.03. The third kappa shape index (κ3) is 3.44. The van der Waals surface area contributed by atoms with Crippen LogP contribution in [0, 0.1) is 11.7 Å². The summed E-state index contributed by atoms with van der Waals surface area (Å²) in [6.45, 7) is 3.95. The van der Waals surface area contributed by atoms with Gasteiger partial charge in [-0.3, -0.25) is 4.79 Å². The zero-order chi connectivity index (χ0) is 11.4. The molecule has 0 fully saturated rings. The number of carbonyl (C=O) groups is 1. The van der Waals surface area contributed by atoms with Gasteiger partial charge in [0, 0.05) is 18.0 Å². The minimum Gasteiger partial charge on any atom is -0.327 e. The van der Waals surface area contributed by atoms with Crippen molar-refractivity contribution in [3.05, 3.63) is 35.6 Å². The standard InChI is InChI=1S/C12H16FNO/c1-8(2)11(14)7-12(15)9-3-5-10(13)6-4-9/h3-6,8,11H,7,14H2,1-2H3.